The third kappa shape index (κ3) is 3.53. The molecule has 1 heterocycles. The molecule has 0 unspecified atom stereocenters. The van der Waals surface area contributed by atoms with Crippen molar-refractivity contribution in [1.82, 2.24) is 15.0 Å². The van der Waals surface area contributed by atoms with E-state index in [4.69, 9.17) is 4.74 Å². The van der Waals surface area contributed by atoms with Gasteiger partial charge >= 0.3 is 0 Å². The Hall–Kier alpha value is -1.94. The molecule has 0 N–H and O–H groups in total. The van der Waals surface area contributed by atoms with E-state index in [0.29, 0.717) is 19.8 Å². The van der Waals surface area contributed by atoms with Crippen LogP contribution >= 0.6 is 0 Å². The number of allylic oxidation sites excluding steroid dienone is 1. The smallest absolute Gasteiger partial charge is 0.108 e. The van der Waals surface area contributed by atoms with E-state index in [2.05, 4.69) is 16.8 Å². The molecular formula is C13H15N3O. The third-order valence-electron chi connectivity index (χ3n) is 2.24. The van der Waals surface area contributed by atoms with Gasteiger partial charge in [-0.05, 0) is 5.56 Å². The van der Waals surface area contributed by atoms with Crippen LogP contribution in [-0.4, -0.2) is 15.0 Å². The van der Waals surface area contributed by atoms with Gasteiger partial charge in [0, 0.05) is 0 Å². The van der Waals surface area contributed by atoms with E-state index in [1.54, 1.807) is 17.1 Å². The van der Waals surface area contributed by atoms with E-state index in [0.717, 1.165) is 11.3 Å². The lowest BCUT2D eigenvalue weighted by Gasteiger charge is -2.01. The molecule has 0 amide bonds. The maximum absolute atomic E-state index is 5.56. The number of aromatic nitrogens is 3. The first-order valence-corrected chi connectivity index (χ1v) is 5.50. The van der Waals surface area contributed by atoms with Gasteiger partial charge in [0.05, 0.1) is 26.0 Å². The summed E-state index contributed by atoms with van der Waals surface area (Å²) in [6.45, 7) is 5.33. The maximum Gasteiger partial charge on any atom is 0.108 e. The zero-order valence-corrected chi connectivity index (χ0v) is 9.62. The number of hydrogen-bond acceptors (Lipinski definition) is 3. The highest BCUT2D eigenvalue weighted by atomic mass is 16.5. The molecule has 0 bridgehead atoms. The molecule has 0 aliphatic carbocycles. The summed E-state index contributed by atoms with van der Waals surface area (Å²) in [5, 5.41) is 8.33. The quantitative estimate of drug-likeness (QED) is 0.713. The summed E-state index contributed by atoms with van der Waals surface area (Å²) < 4.78 is 5.56. The van der Waals surface area contributed by atoms with E-state index >= 15 is 0 Å². The Kier molecular flexibility index (Phi) is 4.05. The van der Waals surface area contributed by atoms with Gasteiger partial charge in [-0.2, -0.15) is 15.0 Å². The second-order valence-corrected chi connectivity index (χ2v) is 3.66. The van der Waals surface area contributed by atoms with Crippen LogP contribution in [0.25, 0.3) is 0 Å². The average Bonchev–Trinajstić information content (AvgIpc) is 2.79. The summed E-state index contributed by atoms with van der Waals surface area (Å²) in [7, 11) is 0. The average molecular weight is 229 g/mol. The van der Waals surface area contributed by atoms with Crippen LogP contribution < -0.4 is 0 Å². The monoisotopic (exact) mass is 229 g/mol. The lowest BCUT2D eigenvalue weighted by atomic mass is 10.2. The van der Waals surface area contributed by atoms with Crippen molar-refractivity contribution in [3.05, 3.63) is 60.4 Å². The van der Waals surface area contributed by atoms with Crippen molar-refractivity contribution in [2.45, 2.75) is 19.8 Å². The minimum Gasteiger partial charge on any atom is -0.370 e. The molecule has 1 aromatic carbocycles. The number of benzene rings is 1. The minimum absolute atomic E-state index is 0.478. The van der Waals surface area contributed by atoms with Crippen molar-refractivity contribution in [3.63, 3.8) is 0 Å². The first-order chi connectivity index (χ1) is 8.38. The molecule has 0 saturated carbocycles. The molecule has 2 aromatic rings. The second kappa shape index (κ2) is 5.96. The van der Waals surface area contributed by atoms with Gasteiger partial charge in [-0.15, -0.1) is 6.58 Å². The highest BCUT2D eigenvalue weighted by molar-refractivity contribution is 5.13. The van der Waals surface area contributed by atoms with Gasteiger partial charge in [-0.25, -0.2) is 0 Å². The van der Waals surface area contributed by atoms with E-state index in [-0.39, 0.29) is 0 Å². The summed E-state index contributed by atoms with van der Waals surface area (Å²) in [5.74, 6) is 0. The maximum atomic E-state index is 5.56. The Morgan fingerprint density at radius 1 is 1.24 bits per heavy atom. The van der Waals surface area contributed by atoms with Gasteiger partial charge in [0.2, 0.25) is 0 Å². The summed E-state index contributed by atoms with van der Waals surface area (Å²) in [6, 6.07) is 10.1. The molecule has 88 valence electrons. The van der Waals surface area contributed by atoms with Gasteiger partial charge in [0.15, 0.2) is 0 Å². The number of ether oxygens (including phenoxy) is 1. The number of rotatable bonds is 6. The van der Waals surface area contributed by atoms with Gasteiger partial charge < -0.3 is 4.74 Å². The molecular weight excluding hydrogens is 214 g/mol. The van der Waals surface area contributed by atoms with Crippen LogP contribution in [0.15, 0.2) is 49.2 Å². The molecule has 0 aliphatic heterocycles. The molecule has 0 fully saturated rings. The SMILES string of the molecule is C=CCn1ncc(COCc2ccccc2)n1. The molecule has 0 spiro atoms. The fourth-order valence-electron chi connectivity index (χ4n) is 1.45. The predicted octanol–water partition coefficient (Wildman–Crippen LogP) is 2.18. The third-order valence-corrected chi connectivity index (χ3v) is 2.24. The molecule has 0 saturated heterocycles. The van der Waals surface area contributed by atoms with Gasteiger partial charge in [-0.3, -0.25) is 0 Å². The van der Waals surface area contributed by atoms with E-state index in [9.17, 15) is 0 Å². The number of hydrogen-bond donors (Lipinski definition) is 0. The first-order valence-electron chi connectivity index (χ1n) is 5.50. The minimum atomic E-state index is 0.478. The number of nitrogens with zero attached hydrogens (tertiary/aromatic N) is 3. The lowest BCUT2D eigenvalue weighted by Crippen LogP contribution is -2.01. The summed E-state index contributed by atoms with van der Waals surface area (Å²) in [5.41, 5.74) is 1.99. The highest BCUT2D eigenvalue weighted by Gasteiger charge is 1.99. The zero-order valence-electron chi connectivity index (χ0n) is 9.62. The topological polar surface area (TPSA) is 39.9 Å². The molecule has 2 rings (SSSR count). The molecule has 1 aromatic heterocycles. The van der Waals surface area contributed by atoms with Crippen molar-refractivity contribution in [2.24, 2.45) is 0 Å². The van der Waals surface area contributed by atoms with Crippen molar-refractivity contribution < 1.29 is 4.74 Å². The van der Waals surface area contributed by atoms with Crippen LogP contribution in [0.4, 0.5) is 0 Å². The second-order valence-electron chi connectivity index (χ2n) is 3.66. The fraction of sp³-hybridized carbons (Fsp3) is 0.231. The molecule has 0 aliphatic rings. The van der Waals surface area contributed by atoms with Gasteiger partial charge in [0.1, 0.15) is 5.69 Å². The van der Waals surface area contributed by atoms with Crippen molar-refractivity contribution in [1.29, 1.82) is 0 Å². The Labute approximate surface area is 101 Å². The van der Waals surface area contributed by atoms with E-state index in [1.807, 2.05) is 30.3 Å². The van der Waals surface area contributed by atoms with Crippen LogP contribution in [0.2, 0.25) is 0 Å². The zero-order chi connectivity index (χ0) is 11.9. The van der Waals surface area contributed by atoms with Crippen LogP contribution in [-0.2, 0) is 24.5 Å². The Morgan fingerprint density at radius 3 is 2.82 bits per heavy atom. The fourth-order valence-corrected chi connectivity index (χ4v) is 1.45. The summed E-state index contributed by atoms with van der Waals surface area (Å²) >= 11 is 0. The molecule has 0 atom stereocenters. The van der Waals surface area contributed by atoms with Crippen LogP contribution in [0.3, 0.4) is 0 Å². The summed E-state index contributed by atoms with van der Waals surface area (Å²) in [4.78, 5) is 1.59. The Balaban J connectivity index is 1.79. The molecule has 0 radical (unpaired) electrons. The highest BCUT2D eigenvalue weighted by Crippen LogP contribution is 2.03. The van der Waals surface area contributed by atoms with E-state index in [1.165, 1.54) is 0 Å². The van der Waals surface area contributed by atoms with Crippen LogP contribution in [0, 0.1) is 0 Å². The van der Waals surface area contributed by atoms with E-state index < -0.39 is 0 Å². The van der Waals surface area contributed by atoms with Crippen molar-refractivity contribution in [3.8, 4) is 0 Å². The van der Waals surface area contributed by atoms with Gasteiger partial charge in [0.25, 0.3) is 0 Å². The summed E-state index contributed by atoms with van der Waals surface area (Å²) in [6.07, 6.45) is 3.48. The Bertz CT molecular complexity index is 465. The normalized spacial score (nSPS) is 10.4. The standard InChI is InChI=1S/C13H15N3O/c1-2-8-16-14-9-13(15-16)11-17-10-12-6-4-3-5-7-12/h2-7,9H,1,8,10-11H2. The van der Waals surface area contributed by atoms with Crippen LogP contribution in [0.5, 0.6) is 0 Å². The van der Waals surface area contributed by atoms with Crippen molar-refractivity contribution >= 4 is 0 Å². The van der Waals surface area contributed by atoms with Gasteiger partial charge in [-0.1, -0.05) is 36.4 Å². The Morgan fingerprint density at radius 2 is 2.06 bits per heavy atom. The largest absolute Gasteiger partial charge is 0.370 e. The molecule has 17 heavy (non-hydrogen) atoms. The first kappa shape index (κ1) is 11.5. The lowest BCUT2D eigenvalue weighted by molar-refractivity contribution is 0.104. The van der Waals surface area contributed by atoms with Crippen LogP contribution in [0.1, 0.15) is 11.3 Å². The molecule has 4 nitrogen and oxygen atoms in total. The predicted molar refractivity (Wildman–Crippen MR) is 65.2 cm³/mol. The molecule has 4 heteroatoms. The van der Waals surface area contributed by atoms with Crippen molar-refractivity contribution in [2.75, 3.05) is 0 Å².